The Morgan fingerprint density at radius 3 is 2.57 bits per heavy atom. The molecule has 0 amide bonds. The second-order valence-corrected chi connectivity index (χ2v) is 7.40. The van der Waals surface area contributed by atoms with Crippen LogP contribution in [0.15, 0.2) is 0 Å². The summed E-state index contributed by atoms with van der Waals surface area (Å²) in [5.74, 6) is 1.32. The number of nitrogens with one attached hydrogen (secondary N) is 1. The molecule has 4 unspecified atom stereocenters. The summed E-state index contributed by atoms with van der Waals surface area (Å²) in [4.78, 5) is 2.18. The Kier molecular flexibility index (Phi) is 8.79. The minimum atomic E-state index is -0.411. The van der Waals surface area contributed by atoms with E-state index in [1.165, 1.54) is 12.8 Å². The quantitative estimate of drug-likeness (QED) is 0.684. The summed E-state index contributed by atoms with van der Waals surface area (Å²) in [7, 11) is 4.17. The van der Waals surface area contributed by atoms with Gasteiger partial charge in [0.1, 0.15) is 0 Å². The van der Waals surface area contributed by atoms with Gasteiger partial charge in [0.05, 0.1) is 18.8 Å². The summed E-state index contributed by atoms with van der Waals surface area (Å²) in [6.45, 7) is 8.78. The fourth-order valence-corrected chi connectivity index (χ4v) is 3.03. The van der Waals surface area contributed by atoms with Gasteiger partial charge in [-0.3, -0.25) is 0 Å². The minimum absolute atomic E-state index is 0.353. The second kappa shape index (κ2) is 9.78. The third-order valence-electron chi connectivity index (χ3n) is 4.39. The monoisotopic (exact) mass is 300 g/mol. The highest BCUT2D eigenvalue weighted by molar-refractivity contribution is 4.76. The van der Waals surface area contributed by atoms with Crippen LogP contribution < -0.4 is 5.32 Å². The average molecular weight is 300 g/mol. The smallest absolute Gasteiger partial charge is 0.0897 e. The van der Waals surface area contributed by atoms with E-state index in [0.29, 0.717) is 31.2 Å². The van der Waals surface area contributed by atoms with Crippen molar-refractivity contribution in [3.63, 3.8) is 0 Å². The van der Waals surface area contributed by atoms with Gasteiger partial charge in [-0.15, -0.1) is 0 Å². The number of hydrogen-bond acceptors (Lipinski definition) is 4. The maximum Gasteiger partial charge on any atom is 0.0897 e. The highest BCUT2D eigenvalue weighted by Gasteiger charge is 2.21. The van der Waals surface area contributed by atoms with E-state index in [1.54, 1.807) is 0 Å². The highest BCUT2D eigenvalue weighted by Crippen LogP contribution is 2.25. The van der Waals surface area contributed by atoms with E-state index >= 15 is 0 Å². The Morgan fingerprint density at radius 2 is 2.00 bits per heavy atom. The second-order valence-electron chi connectivity index (χ2n) is 7.40. The Balaban J connectivity index is 2.21. The van der Waals surface area contributed by atoms with Crippen LogP contribution in [0.4, 0.5) is 0 Å². The Bertz CT molecular complexity index is 272. The van der Waals surface area contributed by atoms with Crippen LogP contribution in [0.25, 0.3) is 0 Å². The fourth-order valence-electron chi connectivity index (χ4n) is 3.03. The molecule has 0 aromatic rings. The molecule has 0 spiro atoms. The van der Waals surface area contributed by atoms with Gasteiger partial charge in [0.2, 0.25) is 0 Å². The Morgan fingerprint density at radius 1 is 1.29 bits per heavy atom. The molecule has 1 aliphatic carbocycles. The third kappa shape index (κ3) is 8.15. The molecule has 2 N–H and O–H groups in total. The maximum absolute atomic E-state index is 10.1. The summed E-state index contributed by atoms with van der Waals surface area (Å²) in [6.07, 6.45) is 4.83. The highest BCUT2D eigenvalue weighted by atomic mass is 16.5. The number of aliphatic hydroxyl groups excluding tert-OH is 1. The van der Waals surface area contributed by atoms with Crippen molar-refractivity contribution in [1.82, 2.24) is 10.2 Å². The molecule has 4 heteroatoms. The largest absolute Gasteiger partial charge is 0.389 e. The molecular formula is C17H36N2O2. The van der Waals surface area contributed by atoms with Gasteiger partial charge in [0, 0.05) is 19.1 Å². The number of aliphatic hydroxyl groups is 1. The van der Waals surface area contributed by atoms with Gasteiger partial charge in [0.15, 0.2) is 0 Å². The summed E-state index contributed by atoms with van der Waals surface area (Å²) < 4.78 is 5.89. The van der Waals surface area contributed by atoms with Gasteiger partial charge >= 0.3 is 0 Å². The van der Waals surface area contributed by atoms with Crippen molar-refractivity contribution in [2.24, 2.45) is 11.8 Å². The van der Waals surface area contributed by atoms with Gasteiger partial charge in [-0.05, 0) is 38.8 Å². The van der Waals surface area contributed by atoms with Crippen LogP contribution in [0.2, 0.25) is 0 Å². The topological polar surface area (TPSA) is 44.7 Å². The standard InChI is InChI=1S/C17H36N2O2/c1-13(2)17(11-19(4)5)18-10-15(20)12-21-16-8-6-7-14(3)9-16/h13-18,20H,6-12H2,1-5H3. The lowest BCUT2D eigenvalue weighted by molar-refractivity contribution is -0.0316. The summed E-state index contributed by atoms with van der Waals surface area (Å²) >= 11 is 0. The number of rotatable bonds is 9. The third-order valence-corrected chi connectivity index (χ3v) is 4.39. The Labute approximate surface area is 131 Å². The first kappa shape index (κ1) is 18.9. The van der Waals surface area contributed by atoms with Crippen LogP contribution in [0.1, 0.15) is 46.5 Å². The molecule has 0 saturated heterocycles. The lowest BCUT2D eigenvalue weighted by atomic mass is 9.89. The number of nitrogens with zero attached hydrogens (tertiary/aromatic N) is 1. The lowest BCUT2D eigenvalue weighted by Gasteiger charge is -2.29. The van der Waals surface area contributed by atoms with Crippen LogP contribution in [0.3, 0.4) is 0 Å². The van der Waals surface area contributed by atoms with E-state index in [4.69, 9.17) is 4.74 Å². The van der Waals surface area contributed by atoms with Crippen LogP contribution in [0.5, 0.6) is 0 Å². The van der Waals surface area contributed by atoms with Gasteiger partial charge < -0.3 is 20.1 Å². The molecule has 0 heterocycles. The van der Waals surface area contributed by atoms with Gasteiger partial charge in [-0.2, -0.15) is 0 Å². The van der Waals surface area contributed by atoms with Crippen molar-refractivity contribution in [3.05, 3.63) is 0 Å². The van der Waals surface area contributed by atoms with Gasteiger partial charge in [-0.1, -0.05) is 33.6 Å². The first-order valence-electron chi connectivity index (χ1n) is 8.56. The summed E-state index contributed by atoms with van der Waals surface area (Å²) in [5, 5.41) is 13.6. The van der Waals surface area contributed by atoms with E-state index in [-0.39, 0.29) is 0 Å². The molecule has 0 aliphatic heterocycles. The molecule has 1 saturated carbocycles. The summed E-state index contributed by atoms with van der Waals surface area (Å²) in [6, 6.07) is 0.407. The van der Waals surface area contributed by atoms with Crippen molar-refractivity contribution >= 4 is 0 Å². The van der Waals surface area contributed by atoms with Crippen molar-refractivity contribution in [1.29, 1.82) is 0 Å². The van der Waals surface area contributed by atoms with Crippen molar-refractivity contribution in [2.45, 2.75) is 64.7 Å². The summed E-state index contributed by atoms with van der Waals surface area (Å²) in [5.41, 5.74) is 0. The van der Waals surface area contributed by atoms with Crippen LogP contribution >= 0.6 is 0 Å². The molecule has 0 aromatic heterocycles. The zero-order chi connectivity index (χ0) is 15.8. The molecule has 1 fully saturated rings. The van der Waals surface area contributed by atoms with Gasteiger partial charge in [0.25, 0.3) is 0 Å². The lowest BCUT2D eigenvalue weighted by Crippen LogP contribution is -2.45. The fraction of sp³-hybridized carbons (Fsp3) is 1.00. The molecule has 4 nitrogen and oxygen atoms in total. The molecule has 1 rings (SSSR count). The molecule has 0 radical (unpaired) electrons. The van der Waals surface area contributed by atoms with Gasteiger partial charge in [-0.25, -0.2) is 0 Å². The molecule has 0 bridgehead atoms. The van der Waals surface area contributed by atoms with E-state index in [2.05, 4.69) is 45.1 Å². The predicted molar refractivity (Wildman–Crippen MR) is 88.6 cm³/mol. The minimum Gasteiger partial charge on any atom is -0.389 e. The van der Waals surface area contributed by atoms with E-state index in [0.717, 1.165) is 25.3 Å². The first-order valence-corrected chi connectivity index (χ1v) is 8.56. The van der Waals surface area contributed by atoms with Crippen LogP contribution in [-0.2, 0) is 4.74 Å². The number of hydrogen-bond donors (Lipinski definition) is 2. The first-order chi connectivity index (χ1) is 9.88. The SMILES string of the molecule is CC1CCCC(OCC(O)CNC(CN(C)C)C(C)C)C1. The average Bonchev–Trinajstić information content (AvgIpc) is 2.40. The number of ether oxygens (including phenoxy) is 1. The zero-order valence-electron chi connectivity index (χ0n) is 14.6. The molecule has 21 heavy (non-hydrogen) atoms. The molecular weight excluding hydrogens is 264 g/mol. The molecule has 0 aromatic carbocycles. The van der Waals surface area contributed by atoms with Crippen molar-refractivity contribution in [2.75, 3.05) is 33.8 Å². The van der Waals surface area contributed by atoms with Crippen molar-refractivity contribution in [3.8, 4) is 0 Å². The van der Waals surface area contributed by atoms with Crippen molar-refractivity contribution < 1.29 is 9.84 Å². The molecule has 4 atom stereocenters. The molecule has 1 aliphatic rings. The normalized spacial score (nSPS) is 26.3. The predicted octanol–water partition coefficient (Wildman–Crippen LogP) is 2.12. The van der Waals surface area contributed by atoms with E-state index in [1.807, 2.05) is 0 Å². The van der Waals surface area contributed by atoms with E-state index < -0.39 is 6.10 Å². The number of likely N-dealkylation sites (N-methyl/N-ethyl adjacent to an activating group) is 1. The zero-order valence-corrected chi connectivity index (χ0v) is 14.6. The van der Waals surface area contributed by atoms with E-state index in [9.17, 15) is 5.11 Å². The Hall–Kier alpha value is -0.160. The van der Waals surface area contributed by atoms with Crippen LogP contribution in [0, 0.1) is 11.8 Å². The molecule has 126 valence electrons. The maximum atomic E-state index is 10.1. The van der Waals surface area contributed by atoms with Crippen LogP contribution in [-0.4, -0.2) is 62.0 Å².